The smallest absolute Gasteiger partial charge is 0.311 e. The highest BCUT2D eigenvalue weighted by molar-refractivity contribution is 5.83. The summed E-state index contributed by atoms with van der Waals surface area (Å²) in [4.78, 5) is 18.7. The van der Waals surface area contributed by atoms with E-state index < -0.39 is 0 Å². The first-order valence-corrected chi connectivity index (χ1v) is 11.6. The molecule has 5 heteroatoms. The number of hydrogen-bond acceptors (Lipinski definition) is 5. The molecule has 4 rings (SSSR count). The molecule has 2 aliphatic rings. The Morgan fingerprint density at radius 2 is 1.84 bits per heavy atom. The summed E-state index contributed by atoms with van der Waals surface area (Å²) in [5, 5.41) is 1.15. The van der Waals surface area contributed by atoms with E-state index in [1.54, 1.807) is 0 Å². The van der Waals surface area contributed by atoms with Crippen LogP contribution >= 0.6 is 0 Å². The summed E-state index contributed by atoms with van der Waals surface area (Å²) in [6.07, 6.45) is 5.09. The first-order valence-electron chi connectivity index (χ1n) is 11.6. The molecule has 1 aromatic heterocycles. The average molecular weight is 425 g/mol. The minimum atomic E-state index is -0.113. The van der Waals surface area contributed by atoms with E-state index in [-0.39, 0.29) is 11.9 Å². The normalized spacial score (nSPS) is 22.9. The number of aryl methyl sites for hydroxylation is 1. The molecule has 0 atom stereocenters. The Bertz CT molecular complexity index is 936. The Labute approximate surface area is 186 Å². The van der Waals surface area contributed by atoms with Gasteiger partial charge in [-0.3, -0.25) is 14.7 Å². The average Bonchev–Trinajstić information content (AvgIpc) is 2.70. The number of carbonyl (C=O) groups excluding carboxylic acids is 1. The van der Waals surface area contributed by atoms with Gasteiger partial charge in [-0.1, -0.05) is 20.8 Å². The predicted octanol–water partition coefficient (Wildman–Crippen LogP) is 5.13. The van der Waals surface area contributed by atoms with Crippen LogP contribution in [0.2, 0.25) is 0 Å². The number of rotatable bonds is 5. The van der Waals surface area contributed by atoms with Crippen molar-refractivity contribution >= 4 is 16.9 Å². The highest BCUT2D eigenvalue weighted by Gasteiger charge is 2.33. The van der Waals surface area contributed by atoms with Gasteiger partial charge in [-0.05, 0) is 73.8 Å². The molecular formula is C26H36N2O3. The van der Waals surface area contributed by atoms with Crippen LogP contribution in [-0.2, 0) is 16.1 Å². The molecule has 1 aliphatic carbocycles. The minimum absolute atomic E-state index is 0.00438. The molecule has 0 radical (unpaired) electrons. The summed E-state index contributed by atoms with van der Waals surface area (Å²) in [6, 6.07) is 8.45. The Kier molecular flexibility index (Phi) is 6.25. The molecule has 2 fully saturated rings. The molecule has 2 heterocycles. The van der Waals surface area contributed by atoms with E-state index in [2.05, 4.69) is 56.9 Å². The number of carbonyl (C=O) groups is 1. The van der Waals surface area contributed by atoms with Crippen LogP contribution in [-0.4, -0.2) is 42.2 Å². The fourth-order valence-electron chi connectivity index (χ4n) is 5.08. The van der Waals surface area contributed by atoms with Crippen molar-refractivity contribution in [2.45, 2.75) is 66.0 Å². The number of esters is 1. The second-order valence-electron chi connectivity index (χ2n) is 10.5. The maximum absolute atomic E-state index is 11.6. The van der Waals surface area contributed by atoms with Gasteiger partial charge in [0.15, 0.2) is 0 Å². The molecule has 1 aromatic carbocycles. The lowest BCUT2D eigenvalue weighted by Gasteiger charge is -2.37. The summed E-state index contributed by atoms with van der Waals surface area (Å²) in [6.45, 7) is 11.5. The van der Waals surface area contributed by atoms with Crippen molar-refractivity contribution in [3.63, 3.8) is 0 Å². The first kappa shape index (κ1) is 22.1. The molecule has 0 bridgehead atoms. The van der Waals surface area contributed by atoms with E-state index in [0.717, 1.165) is 60.7 Å². The molecule has 168 valence electrons. The van der Waals surface area contributed by atoms with Gasteiger partial charge in [-0.2, -0.15) is 0 Å². The number of benzene rings is 1. The minimum Gasteiger partial charge on any atom is -0.490 e. The van der Waals surface area contributed by atoms with Gasteiger partial charge in [-0.15, -0.1) is 0 Å². The Morgan fingerprint density at radius 3 is 2.48 bits per heavy atom. The standard InChI is InChI=1S/C26H36N2O3/c1-17-12-20(16-28-14-18(15-28)25(29)30-5)27-24-11-10-22(13-23(17)24)31-21-8-6-19(7-9-21)26(2,3)4/h10-13,18-19,21H,6-9,14-16H2,1-5H3/t19-,21-. The number of pyridine rings is 1. The van der Waals surface area contributed by atoms with E-state index in [4.69, 9.17) is 14.5 Å². The zero-order valence-corrected chi connectivity index (χ0v) is 19.6. The molecule has 0 amide bonds. The molecule has 2 aromatic rings. The summed E-state index contributed by atoms with van der Waals surface area (Å²) < 4.78 is 11.2. The number of ether oxygens (including phenoxy) is 2. The topological polar surface area (TPSA) is 51.7 Å². The third kappa shape index (κ3) is 5.03. The van der Waals surface area contributed by atoms with Crippen LogP contribution in [0, 0.1) is 24.2 Å². The first-order chi connectivity index (χ1) is 14.7. The summed E-state index contributed by atoms with van der Waals surface area (Å²) in [5.41, 5.74) is 3.66. The highest BCUT2D eigenvalue weighted by Crippen LogP contribution is 2.39. The zero-order chi connectivity index (χ0) is 22.2. The van der Waals surface area contributed by atoms with Gasteiger partial charge in [0.1, 0.15) is 5.75 Å². The van der Waals surface area contributed by atoms with Gasteiger partial charge < -0.3 is 9.47 Å². The maximum Gasteiger partial charge on any atom is 0.311 e. The van der Waals surface area contributed by atoms with Crippen molar-refractivity contribution in [1.29, 1.82) is 0 Å². The van der Waals surface area contributed by atoms with Crippen molar-refractivity contribution in [3.8, 4) is 5.75 Å². The Balaban J connectivity index is 1.38. The van der Waals surface area contributed by atoms with E-state index in [1.807, 2.05) is 0 Å². The quantitative estimate of drug-likeness (QED) is 0.623. The van der Waals surface area contributed by atoms with Gasteiger partial charge in [0.2, 0.25) is 0 Å². The fraction of sp³-hybridized carbons (Fsp3) is 0.615. The van der Waals surface area contributed by atoms with E-state index in [1.165, 1.54) is 25.5 Å². The second-order valence-corrected chi connectivity index (χ2v) is 10.5. The van der Waals surface area contributed by atoms with Gasteiger partial charge in [0.25, 0.3) is 0 Å². The molecule has 1 saturated heterocycles. The second kappa shape index (κ2) is 8.78. The predicted molar refractivity (Wildman–Crippen MR) is 123 cm³/mol. The van der Waals surface area contributed by atoms with Crippen molar-refractivity contribution < 1.29 is 14.3 Å². The molecule has 0 spiro atoms. The number of methoxy groups -OCH3 is 1. The third-order valence-electron chi connectivity index (χ3n) is 7.12. The summed E-state index contributed by atoms with van der Waals surface area (Å²) in [7, 11) is 1.45. The van der Waals surface area contributed by atoms with Crippen LogP contribution < -0.4 is 4.74 Å². The maximum atomic E-state index is 11.6. The van der Waals surface area contributed by atoms with Crippen LogP contribution in [0.15, 0.2) is 24.3 Å². The van der Waals surface area contributed by atoms with E-state index in [9.17, 15) is 4.79 Å². The number of nitrogens with zero attached hydrogens (tertiary/aromatic N) is 2. The Morgan fingerprint density at radius 1 is 1.13 bits per heavy atom. The number of likely N-dealkylation sites (tertiary alicyclic amines) is 1. The lowest BCUT2D eigenvalue weighted by atomic mass is 9.72. The Hall–Kier alpha value is -2.14. The lowest BCUT2D eigenvalue weighted by molar-refractivity contribution is -0.151. The molecule has 0 N–H and O–H groups in total. The third-order valence-corrected chi connectivity index (χ3v) is 7.12. The number of aromatic nitrogens is 1. The van der Waals surface area contributed by atoms with Crippen molar-refractivity contribution in [2.24, 2.45) is 17.3 Å². The van der Waals surface area contributed by atoms with Crippen molar-refractivity contribution in [3.05, 3.63) is 35.5 Å². The van der Waals surface area contributed by atoms with Crippen molar-refractivity contribution in [2.75, 3.05) is 20.2 Å². The summed E-state index contributed by atoms with van der Waals surface area (Å²) >= 11 is 0. The number of hydrogen-bond donors (Lipinski definition) is 0. The van der Waals surface area contributed by atoms with E-state index in [0.29, 0.717) is 11.5 Å². The van der Waals surface area contributed by atoms with Gasteiger partial charge in [0.05, 0.1) is 30.3 Å². The molecular weight excluding hydrogens is 388 g/mol. The highest BCUT2D eigenvalue weighted by atomic mass is 16.5. The molecule has 5 nitrogen and oxygen atoms in total. The van der Waals surface area contributed by atoms with Gasteiger partial charge >= 0.3 is 5.97 Å². The molecule has 1 saturated carbocycles. The zero-order valence-electron chi connectivity index (χ0n) is 19.6. The van der Waals surface area contributed by atoms with Crippen LogP contribution in [0.25, 0.3) is 10.9 Å². The molecule has 0 unspecified atom stereocenters. The van der Waals surface area contributed by atoms with Crippen molar-refractivity contribution in [1.82, 2.24) is 9.88 Å². The molecule has 31 heavy (non-hydrogen) atoms. The fourth-order valence-corrected chi connectivity index (χ4v) is 5.08. The lowest BCUT2D eigenvalue weighted by Crippen LogP contribution is -2.50. The van der Waals surface area contributed by atoms with Crippen LogP contribution in [0.5, 0.6) is 5.75 Å². The van der Waals surface area contributed by atoms with Gasteiger partial charge in [-0.25, -0.2) is 0 Å². The SMILES string of the molecule is COC(=O)C1CN(Cc2cc(C)c3cc(O[C@H]4CC[C@H](C(C)(C)C)CC4)ccc3n2)C1. The summed E-state index contributed by atoms with van der Waals surface area (Å²) in [5.74, 6) is 1.64. The van der Waals surface area contributed by atoms with Crippen LogP contribution in [0.1, 0.15) is 57.7 Å². The van der Waals surface area contributed by atoms with Crippen LogP contribution in [0.4, 0.5) is 0 Å². The van der Waals surface area contributed by atoms with Crippen LogP contribution in [0.3, 0.4) is 0 Å². The van der Waals surface area contributed by atoms with Gasteiger partial charge in [0, 0.05) is 25.0 Å². The monoisotopic (exact) mass is 424 g/mol. The van der Waals surface area contributed by atoms with E-state index >= 15 is 0 Å². The number of fused-ring (bicyclic) bond motifs is 1. The molecule has 1 aliphatic heterocycles. The largest absolute Gasteiger partial charge is 0.490 e.